The normalized spacial score (nSPS) is 14.1. The van der Waals surface area contributed by atoms with E-state index < -0.39 is 0 Å². The molecule has 1 aliphatic carbocycles. The lowest BCUT2D eigenvalue weighted by Crippen LogP contribution is -2.07. The van der Waals surface area contributed by atoms with Crippen LogP contribution in [0.2, 0.25) is 0 Å². The lowest BCUT2D eigenvalue weighted by molar-refractivity contribution is -0.131. The lowest BCUT2D eigenvalue weighted by atomic mass is 10.1. The Morgan fingerprint density at radius 1 is 1.32 bits per heavy atom. The summed E-state index contributed by atoms with van der Waals surface area (Å²) in [5.41, 5.74) is 2.47. The third kappa shape index (κ3) is 2.47. The van der Waals surface area contributed by atoms with Crippen LogP contribution in [0, 0.1) is 6.92 Å². The predicted molar refractivity (Wildman–Crippen MR) is 82.2 cm³/mol. The first-order valence-electron chi connectivity index (χ1n) is 7.53. The average Bonchev–Trinajstić information content (AvgIpc) is 3.22. The molecular weight excluding hydrogens is 282 g/mol. The maximum atomic E-state index is 12.3. The summed E-state index contributed by atoms with van der Waals surface area (Å²) >= 11 is 0. The fourth-order valence-electron chi connectivity index (χ4n) is 2.92. The Bertz CT molecular complexity index is 756. The van der Waals surface area contributed by atoms with Crippen LogP contribution in [0.5, 0.6) is 5.75 Å². The van der Waals surface area contributed by atoms with Crippen LogP contribution in [0.3, 0.4) is 0 Å². The van der Waals surface area contributed by atoms with E-state index in [9.17, 15) is 9.59 Å². The summed E-state index contributed by atoms with van der Waals surface area (Å²) in [6.45, 7) is 5.42. The molecule has 5 heteroatoms. The SMILES string of the molecule is CCOC(=O)c1c(C)n(C2CC2)c2ccc(OC(C)=O)cc12. The van der Waals surface area contributed by atoms with Gasteiger partial charge < -0.3 is 14.0 Å². The molecule has 0 bridgehead atoms. The summed E-state index contributed by atoms with van der Waals surface area (Å²) in [5, 5.41) is 0.779. The molecule has 116 valence electrons. The molecule has 22 heavy (non-hydrogen) atoms. The van der Waals surface area contributed by atoms with Gasteiger partial charge in [-0.3, -0.25) is 4.79 Å². The highest BCUT2D eigenvalue weighted by Crippen LogP contribution is 2.42. The number of aromatic nitrogens is 1. The molecule has 0 radical (unpaired) electrons. The lowest BCUT2D eigenvalue weighted by Gasteiger charge is -2.06. The summed E-state index contributed by atoms with van der Waals surface area (Å²) in [7, 11) is 0. The molecule has 1 aromatic heterocycles. The van der Waals surface area contributed by atoms with Gasteiger partial charge in [-0.15, -0.1) is 0 Å². The van der Waals surface area contributed by atoms with E-state index in [-0.39, 0.29) is 11.9 Å². The Balaban J connectivity index is 2.19. The first kappa shape index (κ1) is 14.6. The molecule has 1 saturated carbocycles. The number of hydrogen-bond acceptors (Lipinski definition) is 4. The highest BCUT2D eigenvalue weighted by Gasteiger charge is 2.30. The maximum Gasteiger partial charge on any atom is 0.340 e. The third-order valence-electron chi connectivity index (χ3n) is 3.87. The molecule has 2 aromatic rings. The second-order valence-electron chi connectivity index (χ2n) is 5.55. The Morgan fingerprint density at radius 3 is 2.64 bits per heavy atom. The monoisotopic (exact) mass is 301 g/mol. The summed E-state index contributed by atoms with van der Waals surface area (Å²) in [6.07, 6.45) is 2.25. The summed E-state index contributed by atoms with van der Waals surface area (Å²) in [4.78, 5) is 23.5. The van der Waals surface area contributed by atoms with Crippen LogP contribution in [0.25, 0.3) is 10.9 Å². The van der Waals surface area contributed by atoms with Gasteiger partial charge in [0.15, 0.2) is 0 Å². The molecule has 1 aliphatic rings. The van der Waals surface area contributed by atoms with Crippen molar-refractivity contribution < 1.29 is 19.1 Å². The van der Waals surface area contributed by atoms with Gasteiger partial charge in [-0.25, -0.2) is 4.79 Å². The van der Waals surface area contributed by atoms with E-state index in [0.29, 0.717) is 24.0 Å². The Hall–Kier alpha value is -2.30. The van der Waals surface area contributed by atoms with Crippen molar-refractivity contribution in [3.8, 4) is 5.75 Å². The largest absolute Gasteiger partial charge is 0.462 e. The van der Waals surface area contributed by atoms with Gasteiger partial charge >= 0.3 is 11.9 Å². The topological polar surface area (TPSA) is 57.5 Å². The summed E-state index contributed by atoms with van der Waals surface area (Å²) in [6, 6.07) is 5.86. The number of carbonyl (C=O) groups excluding carboxylic acids is 2. The van der Waals surface area contributed by atoms with Crippen molar-refractivity contribution in [1.82, 2.24) is 4.57 Å². The van der Waals surface area contributed by atoms with E-state index in [1.165, 1.54) is 6.92 Å². The van der Waals surface area contributed by atoms with E-state index in [0.717, 1.165) is 29.4 Å². The van der Waals surface area contributed by atoms with Crippen molar-refractivity contribution in [2.75, 3.05) is 6.61 Å². The van der Waals surface area contributed by atoms with E-state index in [1.54, 1.807) is 19.1 Å². The van der Waals surface area contributed by atoms with Gasteiger partial charge in [0.05, 0.1) is 12.2 Å². The van der Waals surface area contributed by atoms with E-state index in [2.05, 4.69) is 4.57 Å². The van der Waals surface area contributed by atoms with Crippen molar-refractivity contribution in [3.63, 3.8) is 0 Å². The van der Waals surface area contributed by atoms with E-state index in [4.69, 9.17) is 9.47 Å². The highest BCUT2D eigenvalue weighted by atomic mass is 16.5. The smallest absolute Gasteiger partial charge is 0.340 e. The zero-order chi connectivity index (χ0) is 15.9. The number of nitrogens with zero attached hydrogens (tertiary/aromatic N) is 1. The zero-order valence-corrected chi connectivity index (χ0v) is 13.0. The van der Waals surface area contributed by atoms with Crippen LogP contribution < -0.4 is 4.74 Å². The van der Waals surface area contributed by atoms with Crippen molar-refractivity contribution in [3.05, 3.63) is 29.5 Å². The molecule has 0 saturated heterocycles. The molecule has 0 atom stereocenters. The molecule has 3 rings (SSSR count). The summed E-state index contributed by atoms with van der Waals surface area (Å²) in [5.74, 6) is -0.266. The fraction of sp³-hybridized carbons (Fsp3) is 0.412. The van der Waals surface area contributed by atoms with Gasteiger partial charge in [-0.05, 0) is 44.9 Å². The number of rotatable bonds is 4. The molecule has 0 amide bonds. The molecular formula is C17H19NO4. The molecule has 5 nitrogen and oxygen atoms in total. The number of esters is 2. The average molecular weight is 301 g/mol. The van der Waals surface area contributed by atoms with Gasteiger partial charge in [0, 0.05) is 29.6 Å². The van der Waals surface area contributed by atoms with Gasteiger partial charge in [0.25, 0.3) is 0 Å². The number of hydrogen-bond donors (Lipinski definition) is 0. The van der Waals surface area contributed by atoms with Crippen LogP contribution >= 0.6 is 0 Å². The van der Waals surface area contributed by atoms with Crippen LogP contribution in [-0.4, -0.2) is 23.1 Å². The van der Waals surface area contributed by atoms with Crippen LogP contribution in [0.15, 0.2) is 18.2 Å². The highest BCUT2D eigenvalue weighted by molar-refractivity contribution is 6.06. The summed E-state index contributed by atoms with van der Waals surface area (Å²) < 4.78 is 12.5. The van der Waals surface area contributed by atoms with Crippen molar-refractivity contribution in [2.45, 2.75) is 39.7 Å². The first-order valence-corrected chi connectivity index (χ1v) is 7.53. The van der Waals surface area contributed by atoms with Crippen molar-refractivity contribution in [1.29, 1.82) is 0 Å². The molecule has 1 heterocycles. The van der Waals surface area contributed by atoms with Gasteiger partial charge in [0.1, 0.15) is 5.75 Å². The molecule has 0 spiro atoms. The zero-order valence-electron chi connectivity index (χ0n) is 13.0. The maximum absolute atomic E-state index is 12.3. The standard InChI is InChI=1S/C17H19NO4/c1-4-21-17(20)16-10(2)18(12-5-6-12)15-8-7-13(9-14(15)16)22-11(3)19/h7-9,12H,4-6H2,1-3H3. The first-order chi connectivity index (χ1) is 10.5. The number of benzene rings is 1. The van der Waals surface area contributed by atoms with Crippen molar-refractivity contribution in [2.24, 2.45) is 0 Å². The minimum absolute atomic E-state index is 0.329. The number of fused-ring (bicyclic) bond motifs is 1. The minimum Gasteiger partial charge on any atom is -0.462 e. The van der Waals surface area contributed by atoms with Crippen LogP contribution in [0.4, 0.5) is 0 Å². The van der Waals surface area contributed by atoms with Gasteiger partial charge in [-0.1, -0.05) is 0 Å². The molecule has 1 fully saturated rings. The fourth-order valence-corrected chi connectivity index (χ4v) is 2.92. The number of carbonyl (C=O) groups is 2. The van der Waals surface area contributed by atoms with Crippen LogP contribution in [0.1, 0.15) is 48.8 Å². The van der Waals surface area contributed by atoms with Gasteiger partial charge in [0.2, 0.25) is 0 Å². The molecule has 0 aliphatic heterocycles. The third-order valence-corrected chi connectivity index (χ3v) is 3.87. The van der Waals surface area contributed by atoms with Gasteiger partial charge in [-0.2, -0.15) is 0 Å². The Kier molecular flexibility index (Phi) is 3.64. The van der Waals surface area contributed by atoms with E-state index >= 15 is 0 Å². The number of ether oxygens (including phenoxy) is 2. The molecule has 0 unspecified atom stereocenters. The molecule has 0 N–H and O–H groups in total. The quantitative estimate of drug-likeness (QED) is 0.641. The minimum atomic E-state index is -0.379. The predicted octanol–water partition coefficient (Wildman–Crippen LogP) is 3.39. The Morgan fingerprint density at radius 2 is 2.05 bits per heavy atom. The molecule has 1 aromatic carbocycles. The second-order valence-corrected chi connectivity index (χ2v) is 5.55. The van der Waals surface area contributed by atoms with E-state index in [1.807, 2.05) is 13.0 Å². The second kappa shape index (κ2) is 5.48. The van der Waals surface area contributed by atoms with Crippen LogP contribution in [-0.2, 0) is 9.53 Å². The Labute approximate surface area is 128 Å². The van der Waals surface area contributed by atoms with Crippen molar-refractivity contribution >= 4 is 22.8 Å².